The van der Waals surface area contributed by atoms with Gasteiger partial charge in [0.25, 0.3) is 5.91 Å². The fourth-order valence-corrected chi connectivity index (χ4v) is 2.65. The highest BCUT2D eigenvalue weighted by atomic mass is 79.9. The summed E-state index contributed by atoms with van der Waals surface area (Å²) in [5.41, 5.74) is 0.542. The lowest BCUT2D eigenvalue weighted by Crippen LogP contribution is -2.35. The van der Waals surface area contributed by atoms with Gasteiger partial charge in [-0.25, -0.2) is 0 Å². The van der Waals surface area contributed by atoms with E-state index >= 15 is 0 Å². The van der Waals surface area contributed by atoms with Gasteiger partial charge in [-0.15, -0.1) is 0 Å². The SMILES string of the molecule is COc1ccc(C(=O)NC(=S)Nc2ccccc2C(=O)[O-])cc1Br. The van der Waals surface area contributed by atoms with Gasteiger partial charge < -0.3 is 20.0 Å². The number of halogens is 1. The highest BCUT2D eigenvalue weighted by molar-refractivity contribution is 9.10. The first kappa shape index (κ1) is 17.9. The molecule has 6 nitrogen and oxygen atoms in total. The van der Waals surface area contributed by atoms with E-state index in [9.17, 15) is 14.7 Å². The van der Waals surface area contributed by atoms with E-state index in [1.165, 1.54) is 19.2 Å². The lowest BCUT2D eigenvalue weighted by molar-refractivity contribution is -0.254. The van der Waals surface area contributed by atoms with Gasteiger partial charge in [0.15, 0.2) is 5.11 Å². The first-order valence-corrected chi connectivity index (χ1v) is 7.88. The smallest absolute Gasteiger partial charge is 0.257 e. The van der Waals surface area contributed by atoms with Gasteiger partial charge in [-0.3, -0.25) is 10.1 Å². The van der Waals surface area contributed by atoms with Crippen LogP contribution in [0.3, 0.4) is 0 Å². The van der Waals surface area contributed by atoms with Crippen LogP contribution in [0.5, 0.6) is 5.75 Å². The van der Waals surface area contributed by atoms with E-state index in [2.05, 4.69) is 26.6 Å². The number of ether oxygens (including phenoxy) is 1. The molecule has 2 rings (SSSR count). The molecule has 0 aromatic heterocycles. The number of carbonyl (C=O) groups is 2. The Morgan fingerprint density at radius 1 is 1.21 bits per heavy atom. The highest BCUT2D eigenvalue weighted by Crippen LogP contribution is 2.25. The quantitative estimate of drug-likeness (QED) is 0.752. The molecular weight excluding hydrogens is 396 g/mol. The van der Waals surface area contributed by atoms with Crippen molar-refractivity contribution in [3.63, 3.8) is 0 Å². The molecule has 1 amide bonds. The normalized spacial score (nSPS) is 9.92. The number of benzene rings is 2. The fraction of sp³-hybridized carbons (Fsp3) is 0.0625. The van der Waals surface area contributed by atoms with Crippen LogP contribution in [0.2, 0.25) is 0 Å². The van der Waals surface area contributed by atoms with Crippen molar-refractivity contribution in [2.24, 2.45) is 0 Å². The van der Waals surface area contributed by atoms with E-state index in [0.29, 0.717) is 15.8 Å². The van der Waals surface area contributed by atoms with Crippen LogP contribution in [0.4, 0.5) is 5.69 Å². The molecule has 0 spiro atoms. The predicted molar refractivity (Wildman–Crippen MR) is 95.2 cm³/mol. The van der Waals surface area contributed by atoms with Crippen molar-refractivity contribution < 1.29 is 19.4 Å². The first-order chi connectivity index (χ1) is 11.4. The van der Waals surface area contributed by atoms with Crippen molar-refractivity contribution in [2.75, 3.05) is 12.4 Å². The summed E-state index contributed by atoms with van der Waals surface area (Å²) < 4.78 is 5.72. The number of hydrogen-bond acceptors (Lipinski definition) is 5. The number of para-hydroxylation sites is 1. The van der Waals surface area contributed by atoms with Gasteiger partial charge in [0.05, 0.1) is 17.6 Å². The number of carbonyl (C=O) groups excluding carboxylic acids is 2. The zero-order valence-electron chi connectivity index (χ0n) is 12.5. The molecule has 0 aliphatic heterocycles. The third kappa shape index (κ3) is 4.30. The molecule has 0 aliphatic carbocycles. The number of nitrogens with one attached hydrogen (secondary N) is 2. The van der Waals surface area contributed by atoms with E-state index in [-0.39, 0.29) is 16.4 Å². The number of amides is 1. The zero-order valence-corrected chi connectivity index (χ0v) is 14.9. The van der Waals surface area contributed by atoms with Gasteiger partial charge in [-0.1, -0.05) is 18.2 Å². The molecule has 0 saturated carbocycles. The Morgan fingerprint density at radius 2 is 1.92 bits per heavy atom. The Kier molecular flexibility index (Phi) is 5.88. The molecule has 0 radical (unpaired) electrons. The number of carboxylic acids is 1. The van der Waals surface area contributed by atoms with Gasteiger partial charge in [0.1, 0.15) is 5.75 Å². The van der Waals surface area contributed by atoms with E-state index < -0.39 is 11.9 Å². The Bertz CT molecular complexity index is 810. The standard InChI is InChI=1S/C16H13BrN2O4S/c1-23-13-7-6-9(8-11(13)17)14(20)19-16(24)18-12-5-3-2-4-10(12)15(21)22/h2-8H,1H3,(H,21,22)(H2,18,19,20,24)/p-1. The minimum atomic E-state index is -1.34. The molecular formula is C16H12BrN2O4S-. The summed E-state index contributed by atoms with van der Waals surface area (Å²) in [6.45, 7) is 0. The fourth-order valence-electron chi connectivity index (χ4n) is 1.91. The second kappa shape index (κ2) is 7.89. The van der Waals surface area contributed by atoms with Crippen LogP contribution in [0.15, 0.2) is 46.9 Å². The Morgan fingerprint density at radius 3 is 2.54 bits per heavy atom. The Hall–Kier alpha value is -2.45. The first-order valence-electron chi connectivity index (χ1n) is 6.68. The number of hydrogen-bond donors (Lipinski definition) is 2. The molecule has 124 valence electrons. The van der Waals surface area contributed by atoms with Crippen molar-refractivity contribution in [3.8, 4) is 5.75 Å². The van der Waals surface area contributed by atoms with Crippen LogP contribution in [0.25, 0.3) is 0 Å². The molecule has 8 heteroatoms. The minimum Gasteiger partial charge on any atom is -0.545 e. The van der Waals surface area contributed by atoms with Gasteiger partial charge in [0, 0.05) is 16.8 Å². The van der Waals surface area contributed by atoms with Crippen molar-refractivity contribution in [3.05, 3.63) is 58.1 Å². The largest absolute Gasteiger partial charge is 0.545 e. The minimum absolute atomic E-state index is 0.0272. The Labute approximate surface area is 152 Å². The summed E-state index contributed by atoms with van der Waals surface area (Å²) >= 11 is 8.34. The number of anilines is 1. The number of methoxy groups -OCH3 is 1. The molecule has 0 heterocycles. The lowest BCUT2D eigenvalue weighted by atomic mass is 10.2. The van der Waals surface area contributed by atoms with E-state index in [4.69, 9.17) is 17.0 Å². The van der Waals surface area contributed by atoms with Gasteiger partial charge in [-0.05, 0) is 52.4 Å². The van der Waals surface area contributed by atoms with Crippen molar-refractivity contribution in [2.45, 2.75) is 0 Å². The van der Waals surface area contributed by atoms with Crippen LogP contribution in [0.1, 0.15) is 20.7 Å². The second-order valence-electron chi connectivity index (χ2n) is 4.59. The third-order valence-electron chi connectivity index (χ3n) is 3.04. The van der Waals surface area contributed by atoms with E-state index in [0.717, 1.165) is 0 Å². The summed E-state index contributed by atoms with van der Waals surface area (Å²) in [7, 11) is 1.52. The molecule has 0 aliphatic rings. The van der Waals surface area contributed by atoms with Gasteiger partial charge in [0.2, 0.25) is 0 Å². The third-order valence-corrected chi connectivity index (χ3v) is 3.86. The predicted octanol–water partition coefficient (Wildman–Crippen LogP) is 1.95. The van der Waals surface area contributed by atoms with Crippen LogP contribution >= 0.6 is 28.1 Å². The lowest BCUT2D eigenvalue weighted by Gasteiger charge is -2.14. The summed E-state index contributed by atoms with van der Waals surface area (Å²) in [6.07, 6.45) is 0. The molecule has 2 aromatic carbocycles. The maximum Gasteiger partial charge on any atom is 0.257 e. The van der Waals surface area contributed by atoms with Crippen LogP contribution < -0.4 is 20.5 Å². The number of carboxylic acid groups (broad SMARTS) is 1. The van der Waals surface area contributed by atoms with E-state index in [1.54, 1.807) is 30.3 Å². The summed E-state index contributed by atoms with van der Waals surface area (Å²) in [5, 5.41) is 16.2. The summed E-state index contributed by atoms with van der Waals surface area (Å²) in [4.78, 5) is 23.2. The average molecular weight is 408 g/mol. The number of thiocarbonyl (C=S) groups is 1. The number of rotatable bonds is 4. The zero-order chi connectivity index (χ0) is 17.7. The topological polar surface area (TPSA) is 90.5 Å². The van der Waals surface area contributed by atoms with Crippen LogP contribution in [-0.4, -0.2) is 24.1 Å². The van der Waals surface area contributed by atoms with Gasteiger partial charge in [-0.2, -0.15) is 0 Å². The second-order valence-corrected chi connectivity index (χ2v) is 5.85. The average Bonchev–Trinajstić information content (AvgIpc) is 2.54. The molecule has 0 atom stereocenters. The van der Waals surface area contributed by atoms with Crippen molar-refractivity contribution in [1.82, 2.24) is 5.32 Å². The maximum atomic E-state index is 12.2. The molecule has 0 unspecified atom stereocenters. The summed E-state index contributed by atoms with van der Waals surface area (Å²) in [6, 6.07) is 10.9. The summed E-state index contributed by atoms with van der Waals surface area (Å²) in [5.74, 6) is -1.19. The van der Waals surface area contributed by atoms with Gasteiger partial charge >= 0.3 is 0 Å². The monoisotopic (exact) mass is 407 g/mol. The van der Waals surface area contributed by atoms with Crippen molar-refractivity contribution in [1.29, 1.82) is 0 Å². The molecule has 0 fully saturated rings. The molecule has 0 saturated heterocycles. The van der Waals surface area contributed by atoms with Crippen LogP contribution in [-0.2, 0) is 0 Å². The maximum absolute atomic E-state index is 12.2. The molecule has 2 N–H and O–H groups in total. The van der Waals surface area contributed by atoms with E-state index in [1.807, 2.05) is 0 Å². The molecule has 24 heavy (non-hydrogen) atoms. The number of aromatic carboxylic acids is 1. The molecule has 0 bridgehead atoms. The highest BCUT2D eigenvalue weighted by Gasteiger charge is 2.11. The Balaban J connectivity index is 2.09. The molecule has 2 aromatic rings. The van der Waals surface area contributed by atoms with Crippen molar-refractivity contribution >= 4 is 50.8 Å². The van der Waals surface area contributed by atoms with Crippen LogP contribution in [0, 0.1) is 0 Å².